The summed E-state index contributed by atoms with van der Waals surface area (Å²) in [5.74, 6) is 1.62. The number of aryl methyl sites for hydroxylation is 1. The van der Waals surface area contributed by atoms with Crippen LogP contribution in [0.25, 0.3) is 0 Å². The quantitative estimate of drug-likeness (QED) is 0.827. The van der Waals surface area contributed by atoms with Crippen LogP contribution in [0.3, 0.4) is 0 Å². The van der Waals surface area contributed by atoms with Crippen molar-refractivity contribution in [1.82, 2.24) is 8.75 Å². The second-order valence-electron chi connectivity index (χ2n) is 4.14. The van der Waals surface area contributed by atoms with Crippen LogP contribution in [-0.4, -0.2) is 8.75 Å². The zero-order valence-corrected chi connectivity index (χ0v) is 11.5. The largest absolute Gasteiger partial charge is 0.435 e. The highest BCUT2D eigenvalue weighted by Gasteiger charge is 2.11. The van der Waals surface area contributed by atoms with Crippen molar-refractivity contribution < 1.29 is 4.74 Å². The van der Waals surface area contributed by atoms with Crippen molar-refractivity contribution in [2.75, 3.05) is 0 Å². The molecule has 0 saturated carbocycles. The van der Waals surface area contributed by atoms with Gasteiger partial charge in [-0.05, 0) is 30.0 Å². The van der Waals surface area contributed by atoms with Gasteiger partial charge >= 0.3 is 0 Å². The molecular weight excluding hydrogens is 256 g/mol. The lowest BCUT2D eigenvalue weighted by Crippen LogP contribution is -1.92. The molecule has 0 bridgehead atoms. The topological polar surface area (TPSA) is 35.0 Å². The third-order valence-electron chi connectivity index (χ3n) is 2.51. The van der Waals surface area contributed by atoms with Gasteiger partial charge in [0.05, 0.1) is 11.7 Å². The molecule has 3 nitrogen and oxygen atoms in total. The summed E-state index contributed by atoms with van der Waals surface area (Å²) in [6.45, 7) is 6.28. The minimum atomic E-state index is 0.310. The Morgan fingerprint density at radius 1 is 1.29 bits per heavy atom. The first-order chi connectivity index (χ1) is 8.08. The molecule has 0 N–H and O–H groups in total. The van der Waals surface area contributed by atoms with E-state index < -0.39 is 0 Å². The van der Waals surface area contributed by atoms with Gasteiger partial charge in [0, 0.05) is 0 Å². The van der Waals surface area contributed by atoms with E-state index in [0.29, 0.717) is 17.0 Å². The van der Waals surface area contributed by atoms with Crippen molar-refractivity contribution in [3.63, 3.8) is 0 Å². The van der Waals surface area contributed by atoms with E-state index in [1.54, 1.807) is 0 Å². The molecule has 0 aliphatic rings. The third-order valence-corrected chi connectivity index (χ3v) is 3.36. The summed E-state index contributed by atoms with van der Waals surface area (Å²) in [5.41, 5.74) is 2.28. The third kappa shape index (κ3) is 2.76. The molecule has 0 radical (unpaired) electrons. The van der Waals surface area contributed by atoms with Gasteiger partial charge in [-0.2, -0.15) is 4.37 Å². The maximum Gasteiger partial charge on any atom is 0.270 e. The summed E-state index contributed by atoms with van der Waals surface area (Å²) in [5, 5.41) is 0.310. The van der Waals surface area contributed by atoms with Gasteiger partial charge < -0.3 is 4.74 Å². The van der Waals surface area contributed by atoms with Crippen molar-refractivity contribution in [1.29, 1.82) is 0 Å². The molecule has 2 aromatic rings. The highest BCUT2D eigenvalue weighted by molar-refractivity contribution is 6.99. The SMILES string of the molecule is Cc1ccc(C(C)C)cc1Oc1nsnc1Cl. The number of hydrogen-bond donors (Lipinski definition) is 0. The van der Waals surface area contributed by atoms with Crippen molar-refractivity contribution in [2.24, 2.45) is 0 Å². The summed E-state index contributed by atoms with van der Waals surface area (Å²) in [4.78, 5) is 0. The van der Waals surface area contributed by atoms with Gasteiger partial charge in [0.15, 0.2) is 0 Å². The lowest BCUT2D eigenvalue weighted by atomic mass is 10.0. The molecule has 0 aliphatic carbocycles. The first kappa shape index (κ1) is 12.3. The Bertz CT molecular complexity index is 525. The molecule has 0 spiro atoms. The monoisotopic (exact) mass is 268 g/mol. The summed E-state index contributed by atoms with van der Waals surface area (Å²) in [6.07, 6.45) is 0. The standard InChI is InChI=1S/C12H13ClN2OS/c1-7(2)9-5-4-8(3)10(6-9)16-12-11(13)14-17-15-12/h4-7H,1-3H3. The van der Waals surface area contributed by atoms with Gasteiger partial charge in [0.25, 0.3) is 5.88 Å². The number of benzene rings is 1. The van der Waals surface area contributed by atoms with E-state index in [9.17, 15) is 0 Å². The molecule has 0 fully saturated rings. The van der Waals surface area contributed by atoms with Gasteiger partial charge in [-0.25, -0.2) is 0 Å². The maximum absolute atomic E-state index is 5.86. The van der Waals surface area contributed by atoms with Crippen LogP contribution in [0.4, 0.5) is 0 Å². The molecule has 1 heterocycles. The van der Waals surface area contributed by atoms with Crippen molar-refractivity contribution in [3.05, 3.63) is 34.5 Å². The lowest BCUT2D eigenvalue weighted by Gasteiger charge is -2.10. The van der Waals surface area contributed by atoms with Crippen molar-refractivity contribution in [2.45, 2.75) is 26.7 Å². The Hall–Kier alpha value is -1.13. The summed E-state index contributed by atoms with van der Waals surface area (Å²) < 4.78 is 13.5. The summed E-state index contributed by atoms with van der Waals surface area (Å²) in [6, 6.07) is 6.17. The molecule has 5 heteroatoms. The Kier molecular flexibility index (Phi) is 3.64. The molecule has 0 atom stereocenters. The fourth-order valence-corrected chi connectivity index (χ4v) is 2.03. The highest BCUT2D eigenvalue weighted by Crippen LogP contribution is 2.31. The van der Waals surface area contributed by atoms with Crippen LogP contribution < -0.4 is 4.74 Å². The first-order valence-electron chi connectivity index (χ1n) is 5.34. The molecule has 1 aromatic heterocycles. The van der Waals surface area contributed by atoms with Gasteiger partial charge in [-0.3, -0.25) is 0 Å². The van der Waals surface area contributed by atoms with Gasteiger partial charge in [-0.15, -0.1) is 4.37 Å². The average molecular weight is 269 g/mol. The van der Waals surface area contributed by atoms with Crippen LogP contribution in [-0.2, 0) is 0 Å². The Morgan fingerprint density at radius 2 is 2.06 bits per heavy atom. The molecule has 0 unspecified atom stereocenters. The number of nitrogens with zero attached hydrogens (tertiary/aromatic N) is 2. The van der Waals surface area contributed by atoms with Crippen LogP contribution in [0.2, 0.25) is 5.15 Å². The van der Waals surface area contributed by atoms with E-state index >= 15 is 0 Å². The number of ether oxygens (including phenoxy) is 1. The van der Waals surface area contributed by atoms with Crippen LogP contribution in [0.5, 0.6) is 11.6 Å². The zero-order chi connectivity index (χ0) is 12.4. The van der Waals surface area contributed by atoms with E-state index in [2.05, 4.69) is 28.7 Å². The summed E-state index contributed by atoms with van der Waals surface area (Å²) in [7, 11) is 0. The normalized spacial score (nSPS) is 10.9. The summed E-state index contributed by atoms with van der Waals surface area (Å²) >= 11 is 6.90. The first-order valence-corrected chi connectivity index (χ1v) is 6.45. The number of hydrogen-bond acceptors (Lipinski definition) is 4. The fraction of sp³-hybridized carbons (Fsp3) is 0.333. The Balaban J connectivity index is 2.32. The van der Waals surface area contributed by atoms with E-state index in [4.69, 9.17) is 16.3 Å². The van der Waals surface area contributed by atoms with Gasteiger partial charge in [0.2, 0.25) is 5.15 Å². The van der Waals surface area contributed by atoms with E-state index in [0.717, 1.165) is 23.0 Å². The lowest BCUT2D eigenvalue weighted by molar-refractivity contribution is 0.463. The Morgan fingerprint density at radius 3 is 2.65 bits per heavy atom. The second kappa shape index (κ2) is 5.02. The molecular formula is C12H13ClN2OS. The minimum Gasteiger partial charge on any atom is -0.435 e. The molecule has 2 rings (SSSR count). The molecule has 0 amide bonds. The minimum absolute atomic E-state index is 0.310. The fourth-order valence-electron chi connectivity index (χ4n) is 1.42. The molecule has 17 heavy (non-hydrogen) atoms. The predicted molar refractivity (Wildman–Crippen MR) is 70.3 cm³/mol. The predicted octanol–water partition coefficient (Wildman–Crippen LogP) is 4.42. The molecule has 90 valence electrons. The molecule has 0 aliphatic heterocycles. The number of aromatic nitrogens is 2. The molecule has 1 aromatic carbocycles. The van der Waals surface area contributed by atoms with Crippen LogP contribution in [0.1, 0.15) is 30.9 Å². The average Bonchev–Trinajstić information content (AvgIpc) is 2.67. The molecule has 0 saturated heterocycles. The van der Waals surface area contributed by atoms with Gasteiger partial charge in [-0.1, -0.05) is 37.6 Å². The number of rotatable bonds is 3. The van der Waals surface area contributed by atoms with Gasteiger partial charge in [0.1, 0.15) is 5.75 Å². The highest BCUT2D eigenvalue weighted by atomic mass is 35.5. The van der Waals surface area contributed by atoms with Crippen LogP contribution >= 0.6 is 23.3 Å². The van der Waals surface area contributed by atoms with Crippen molar-refractivity contribution in [3.8, 4) is 11.6 Å². The van der Waals surface area contributed by atoms with Crippen LogP contribution in [0.15, 0.2) is 18.2 Å². The van der Waals surface area contributed by atoms with E-state index in [1.807, 2.05) is 19.1 Å². The van der Waals surface area contributed by atoms with Crippen LogP contribution in [0, 0.1) is 6.92 Å². The zero-order valence-electron chi connectivity index (χ0n) is 9.90. The van der Waals surface area contributed by atoms with Crippen molar-refractivity contribution >= 4 is 23.3 Å². The Labute approximate surface area is 110 Å². The van der Waals surface area contributed by atoms with E-state index in [-0.39, 0.29) is 0 Å². The second-order valence-corrected chi connectivity index (χ2v) is 5.03. The number of halogens is 1. The maximum atomic E-state index is 5.86. The van der Waals surface area contributed by atoms with E-state index in [1.165, 1.54) is 5.56 Å². The smallest absolute Gasteiger partial charge is 0.270 e.